The van der Waals surface area contributed by atoms with Crippen molar-refractivity contribution in [3.05, 3.63) is 35.9 Å². The molecule has 1 aromatic carbocycles. The van der Waals surface area contributed by atoms with Gasteiger partial charge in [-0.05, 0) is 18.4 Å². The van der Waals surface area contributed by atoms with Crippen LogP contribution in [0.4, 0.5) is 0 Å². The second-order valence-corrected chi connectivity index (χ2v) is 4.80. The van der Waals surface area contributed by atoms with Gasteiger partial charge >= 0.3 is 0 Å². The fourth-order valence-electron chi connectivity index (χ4n) is 1.93. The van der Waals surface area contributed by atoms with Crippen molar-refractivity contribution in [2.45, 2.75) is 58.3 Å². The van der Waals surface area contributed by atoms with Crippen LogP contribution < -0.4 is 0 Å². The summed E-state index contributed by atoms with van der Waals surface area (Å²) in [4.78, 5) is 0. The molecule has 1 rings (SSSR count). The third kappa shape index (κ3) is 13.4. The molecule has 1 aromatic rings. The van der Waals surface area contributed by atoms with Gasteiger partial charge in [0.25, 0.3) is 0 Å². The number of benzene rings is 1. The normalized spacial score (nSPS) is 9.84. The highest BCUT2D eigenvalue weighted by Gasteiger charge is 1.92. The molecular weight excluding hydrogens is 236 g/mol. The maximum absolute atomic E-state index is 7.62. The highest BCUT2D eigenvalue weighted by molar-refractivity contribution is 5.14. The second-order valence-electron chi connectivity index (χ2n) is 4.80. The Balaban J connectivity index is 0.000000711. The molecule has 0 atom stereocenters. The Morgan fingerprint density at radius 3 is 1.79 bits per heavy atom. The zero-order valence-electron chi connectivity index (χ0n) is 12.4. The van der Waals surface area contributed by atoms with Gasteiger partial charge in [0.05, 0.1) is 13.2 Å². The maximum Gasteiger partial charge on any atom is 0.0662 e. The zero-order chi connectivity index (χ0) is 14.2. The summed E-state index contributed by atoms with van der Waals surface area (Å²) in [5, 5.41) is 15.2. The molecule has 2 nitrogen and oxygen atoms in total. The first-order chi connectivity index (χ1) is 9.35. The van der Waals surface area contributed by atoms with E-state index in [0.717, 1.165) is 0 Å². The Kier molecular flexibility index (Phi) is 14.5. The van der Waals surface area contributed by atoms with E-state index in [-0.39, 0.29) is 13.2 Å². The Morgan fingerprint density at radius 1 is 0.737 bits per heavy atom. The largest absolute Gasteiger partial charge is 0.394 e. The van der Waals surface area contributed by atoms with E-state index < -0.39 is 0 Å². The summed E-state index contributed by atoms with van der Waals surface area (Å²) < 4.78 is 0. The number of aliphatic hydroxyl groups excluding tert-OH is 2. The average Bonchev–Trinajstić information content (AvgIpc) is 2.48. The minimum atomic E-state index is -0.125. The lowest BCUT2D eigenvalue weighted by molar-refractivity contribution is 0.186. The third-order valence-electron chi connectivity index (χ3n) is 3.01. The van der Waals surface area contributed by atoms with Crippen LogP contribution >= 0.6 is 0 Å². The molecule has 2 N–H and O–H groups in total. The lowest BCUT2D eigenvalue weighted by Crippen LogP contribution is -1.85. The van der Waals surface area contributed by atoms with Gasteiger partial charge in [-0.3, -0.25) is 0 Å². The highest BCUT2D eigenvalue weighted by atomic mass is 16.3. The topological polar surface area (TPSA) is 40.5 Å². The third-order valence-corrected chi connectivity index (χ3v) is 3.01. The monoisotopic (exact) mass is 266 g/mol. The number of aryl methyl sites for hydroxylation is 1. The molecule has 110 valence electrons. The molecule has 0 amide bonds. The molecule has 0 unspecified atom stereocenters. The van der Waals surface area contributed by atoms with Crippen LogP contribution in [-0.4, -0.2) is 23.4 Å². The van der Waals surface area contributed by atoms with E-state index in [1.165, 1.54) is 56.9 Å². The smallest absolute Gasteiger partial charge is 0.0662 e. The molecule has 0 heterocycles. The van der Waals surface area contributed by atoms with Crippen LogP contribution in [0.25, 0.3) is 0 Å². The number of hydrogen-bond donors (Lipinski definition) is 2. The van der Waals surface area contributed by atoms with E-state index in [2.05, 4.69) is 37.3 Å². The second kappa shape index (κ2) is 15.2. The minimum Gasteiger partial charge on any atom is -0.394 e. The number of aliphatic hydroxyl groups is 2. The summed E-state index contributed by atoms with van der Waals surface area (Å²) >= 11 is 0. The molecule has 0 aliphatic heterocycles. The first-order valence-corrected chi connectivity index (χ1v) is 7.60. The van der Waals surface area contributed by atoms with Gasteiger partial charge in [0.1, 0.15) is 0 Å². The van der Waals surface area contributed by atoms with Crippen molar-refractivity contribution in [3.8, 4) is 0 Å². The number of hydrogen-bond acceptors (Lipinski definition) is 2. The number of unbranched alkanes of at least 4 members (excludes halogenated alkanes) is 6. The Bertz CT molecular complexity index is 257. The summed E-state index contributed by atoms with van der Waals surface area (Å²) in [5.74, 6) is 0. The molecule has 0 saturated carbocycles. The molecular formula is C17H30O2. The van der Waals surface area contributed by atoms with Gasteiger partial charge in [0, 0.05) is 0 Å². The van der Waals surface area contributed by atoms with Gasteiger partial charge in [-0.1, -0.05) is 75.8 Å². The summed E-state index contributed by atoms with van der Waals surface area (Å²) in [6.45, 7) is 2.02. The standard InChI is InChI=1S/C15H24.C2H6O2/c1-2-3-4-5-6-7-9-12-15-13-10-8-11-14-15;3-1-2-4/h8,10-11,13-14H,2-7,9,12H2,1H3;3-4H,1-2H2. The first-order valence-electron chi connectivity index (χ1n) is 7.60. The van der Waals surface area contributed by atoms with E-state index in [1.807, 2.05) is 0 Å². The van der Waals surface area contributed by atoms with Crippen molar-refractivity contribution in [2.75, 3.05) is 13.2 Å². The van der Waals surface area contributed by atoms with E-state index in [0.29, 0.717) is 0 Å². The summed E-state index contributed by atoms with van der Waals surface area (Å²) in [5.41, 5.74) is 1.49. The van der Waals surface area contributed by atoms with Crippen molar-refractivity contribution in [2.24, 2.45) is 0 Å². The van der Waals surface area contributed by atoms with Crippen LogP contribution in [-0.2, 0) is 6.42 Å². The van der Waals surface area contributed by atoms with Crippen molar-refractivity contribution in [3.63, 3.8) is 0 Å². The van der Waals surface area contributed by atoms with Gasteiger partial charge < -0.3 is 10.2 Å². The molecule has 2 heteroatoms. The van der Waals surface area contributed by atoms with E-state index in [9.17, 15) is 0 Å². The minimum absolute atomic E-state index is 0.125. The van der Waals surface area contributed by atoms with E-state index in [4.69, 9.17) is 10.2 Å². The Hall–Kier alpha value is -0.860. The van der Waals surface area contributed by atoms with E-state index in [1.54, 1.807) is 0 Å². The molecule has 0 fully saturated rings. The molecule has 19 heavy (non-hydrogen) atoms. The fourth-order valence-corrected chi connectivity index (χ4v) is 1.93. The van der Waals surface area contributed by atoms with Crippen molar-refractivity contribution < 1.29 is 10.2 Å². The van der Waals surface area contributed by atoms with Crippen LogP contribution in [0.1, 0.15) is 57.4 Å². The Labute approximate surface area is 118 Å². The predicted octanol–water partition coefficient (Wildman–Crippen LogP) is 3.95. The molecule has 0 spiro atoms. The van der Waals surface area contributed by atoms with Gasteiger partial charge in [-0.15, -0.1) is 0 Å². The SMILES string of the molecule is CCCCCCCCCc1ccccc1.OCCO. The predicted molar refractivity (Wildman–Crippen MR) is 82.3 cm³/mol. The zero-order valence-corrected chi connectivity index (χ0v) is 12.4. The van der Waals surface area contributed by atoms with Crippen LogP contribution in [0.5, 0.6) is 0 Å². The molecule has 0 saturated heterocycles. The van der Waals surface area contributed by atoms with Crippen molar-refractivity contribution in [1.82, 2.24) is 0 Å². The van der Waals surface area contributed by atoms with Gasteiger partial charge in [0.2, 0.25) is 0 Å². The molecule has 0 radical (unpaired) electrons. The van der Waals surface area contributed by atoms with E-state index >= 15 is 0 Å². The van der Waals surface area contributed by atoms with Crippen molar-refractivity contribution in [1.29, 1.82) is 0 Å². The van der Waals surface area contributed by atoms with Gasteiger partial charge in [0.15, 0.2) is 0 Å². The van der Waals surface area contributed by atoms with Gasteiger partial charge in [-0.2, -0.15) is 0 Å². The Morgan fingerprint density at radius 2 is 1.26 bits per heavy atom. The van der Waals surface area contributed by atoms with Crippen LogP contribution in [0.3, 0.4) is 0 Å². The lowest BCUT2D eigenvalue weighted by atomic mass is 10.0. The van der Waals surface area contributed by atoms with Crippen LogP contribution in [0, 0.1) is 0 Å². The molecule has 0 aliphatic carbocycles. The molecule has 0 bridgehead atoms. The highest BCUT2D eigenvalue weighted by Crippen LogP contribution is 2.10. The summed E-state index contributed by atoms with van der Waals surface area (Å²) in [6.07, 6.45) is 11.1. The molecule has 0 aliphatic rings. The summed E-state index contributed by atoms with van der Waals surface area (Å²) in [7, 11) is 0. The maximum atomic E-state index is 7.62. The van der Waals surface area contributed by atoms with Crippen molar-refractivity contribution >= 4 is 0 Å². The fraction of sp³-hybridized carbons (Fsp3) is 0.647. The first kappa shape index (κ1) is 18.1. The van der Waals surface area contributed by atoms with Crippen LogP contribution in [0.2, 0.25) is 0 Å². The average molecular weight is 266 g/mol. The lowest BCUT2D eigenvalue weighted by Gasteiger charge is -2.01. The molecule has 0 aromatic heterocycles. The summed E-state index contributed by atoms with van der Waals surface area (Å²) in [6, 6.07) is 10.8. The van der Waals surface area contributed by atoms with Gasteiger partial charge in [-0.25, -0.2) is 0 Å². The van der Waals surface area contributed by atoms with Crippen LogP contribution in [0.15, 0.2) is 30.3 Å². The quantitative estimate of drug-likeness (QED) is 0.664. The number of rotatable bonds is 9.